The zero-order valence-corrected chi connectivity index (χ0v) is 12.6. The Hall–Kier alpha value is -2.85. The van der Waals surface area contributed by atoms with Crippen LogP contribution in [0.4, 0.5) is 0 Å². The molecular weight excluding hydrogens is 268 g/mol. The number of carbonyl (C=O) groups is 1. The standard InChI is InChI=1S/C21H18O/c1-2-3-4-5-12-17-20(22)21(18-13-8-6-9-14-18)19-15-10-7-11-16-19/h2-4,6-11,13-17,21H,1H3. The van der Waals surface area contributed by atoms with Crippen molar-refractivity contribution >= 4 is 5.78 Å². The molecule has 0 heterocycles. The van der Waals surface area contributed by atoms with Gasteiger partial charge in [-0.3, -0.25) is 4.79 Å². The van der Waals surface area contributed by atoms with Crippen molar-refractivity contribution in [3.8, 4) is 0 Å². The highest BCUT2D eigenvalue weighted by Gasteiger charge is 2.20. The van der Waals surface area contributed by atoms with Crippen molar-refractivity contribution in [1.29, 1.82) is 0 Å². The highest BCUT2D eigenvalue weighted by atomic mass is 16.1. The molecule has 0 N–H and O–H groups in total. The molecule has 0 bridgehead atoms. The van der Waals surface area contributed by atoms with Gasteiger partial charge in [0.15, 0.2) is 5.78 Å². The predicted molar refractivity (Wildman–Crippen MR) is 90.7 cm³/mol. The molecule has 0 saturated carbocycles. The lowest BCUT2D eigenvalue weighted by molar-refractivity contribution is -0.115. The third-order valence-electron chi connectivity index (χ3n) is 3.22. The molecule has 0 unspecified atom stereocenters. The number of carbonyl (C=O) groups excluding carboxylic acids is 1. The van der Waals surface area contributed by atoms with Crippen molar-refractivity contribution in [3.63, 3.8) is 0 Å². The van der Waals surface area contributed by atoms with E-state index in [2.05, 4.69) is 11.5 Å². The number of hydrogen-bond donors (Lipinski definition) is 0. The summed E-state index contributed by atoms with van der Waals surface area (Å²) in [7, 11) is 0. The molecule has 0 aromatic heterocycles. The van der Waals surface area contributed by atoms with Crippen LogP contribution >= 0.6 is 0 Å². The minimum Gasteiger partial charge on any atom is -0.293 e. The van der Waals surface area contributed by atoms with E-state index in [0.29, 0.717) is 0 Å². The van der Waals surface area contributed by atoms with E-state index in [4.69, 9.17) is 0 Å². The van der Waals surface area contributed by atoms with E-state index < -0.39 is 0 Å². The Kier molecular flexibility index (Phi) is 5.96. The Bertz CT molecular complexity index is 686. The van der Waals surface area contributed by atoms with Crippen LogP contribution in [0.25, 0.3) is 0 Å². The van der Waals surface area contributed by atoms with Crippen LogP contribution in [0, 0.1) is 0 Å². The van der Waals surface area contributed by atoms with E-state index in [1.807, 2.05) is 79.7 Å². The molecule has 0 aliphatic heterocycles. The zero-order valence-electron chi connectivity index (χ0n) is 12.6. The maximum Gasteiger partial charge on any atom is 0.175 e. The van der Waals surface area contributed by atoms with Gasteiger partial charge in [-0.25, -0.2) is 0 Å². The molecule has 0 saturated heterocycles. The molecule has 0 fully saturated rings. The monoisotopic (exact) mass is 286 g/mol. The molecule has 108 valence electrons. The van der Waals surface area contributed by atoms with E-state index in [9.17, 15) is 4.79 Å². The van der Waals surface area contributed by atoms with Gasteiger partial charge in [-0.2, -0.15) is 0 Å². The first-order valence-electron chi connectivity index (χ1n) is 7.25. The lowest BCUT2D eigenvalue weighted by atomic mass is 9.87. The predicted octanol–water partition coefficient (Wildman–Crippen LogP) is 4.83. The fraction of sp³-hybridized carbons (Fsp3) is 0.0952. The molecule has 2 rings (SSSR count). The average Bonchev–Trinajstić information content (AvgIpc) is 2.57. The summed E-state index contributed by atoms with van der Waals surface area (Å²) in [4.78, 5) is 12.6. The minimum absolute atomic E-state index is 0.00113. The van der Waals surface area contributed by atoms with Gasteiger partial charge in [-0.15, -0.1) is 0 Å². The lowest BCUT2D eigenvalue weighted by Crippen LogP contribution is -2.11. The third kappa shape index (κ3) is 4.33. The summed E-state index contributed by atoms with van der Waals surface area (Å²) >= 11 is 0. The lowest BCUT2D eigenvalue weighted by Gasteiger charge is -2.14. The Morgan fingerprint density at radius 1 is 0.909 bits per heavy atom. The van der Waals surface area contributed by atoms with Gasteiger partial charge < -0.3 is 0 Å². The van der Waals surface area contributed by atoms with Crippen molar-refractivity contribution in [1.82, 2.24) is 0 Å². The van der Waals surface area contributed by atoms with Gasteiger partial charge in [0.25, 0.3) is 0 Å². The van der Waals surface area contributed by atoms with Crippen LogP contribution in [-0.4, -0.2) is 5.78 Å². The second kappa shape index (κ2) is 8.44. The summed E-state index contributed by atoms with van der Waals surface area (Å²) < 4.78 is 0. The quantitative estimate of drug-likeness (QED) is 0.437. The summed E-state index contributed by atoms with van der Waals surface area (Å²) in [5, 5.41) is 0. The molecule has 22 heavy (non-hydrogen) atoms. The number of hydrogen-bond acceptors (Lipinski definition) is 1. The van der Waals surface area contributed by atoms with E-state index in [1.165, 1.54) is 6.08 Å². The first-order valence-corrected chi connectivity index (χ1v) is 7.25. The maximum absolute atomic E-state index is 12.6. The van der Waals surface area contributed by atoms with Gasteiger partial charge in [0.05, 0.1) is 5.92 Å². The van der Waals surface area contributed by atoms with Crippen molar-refractivity contribution in [2.45, 2.75) is 12.8 Å². The number of benzene rings is 2. The van der Waals surface area contributed by atoms with E-state index in [0.717, 1.165) is 11.1 Å². The molecular formula is C21H18O. The molecule has 2 aromatic carbocycles. The van der Waals surface area contributed by atoms with Gasteiger partial charge in [0.2, 0.25) is 0 Å². The second-order valence-electron chi connectivity index (χ2n) is 4.78. The Labute approximate surface area is 131 Å². The fourth-order valence-electron chi connectivity index (χ4n) is 2.20. The van der Waals surface area contributed by atoms with Gasteiger partial charge >= 0.3 is 0 Å². The van der Waals surface area contributed by atoms with Gasteiger partial charge in [0.1, 0.15) is 0 Å². The fourth-order valence-corrected chi connectivity index (χ4v) is 2.20. The molecule has 1 nitrogen and oxygen atoms in total. The number of rotatable bonds is 5. The molecule has 0 radical (unpaired) electrons. The topological polar surface area (TPSA) is 17.1 Å². The minimum atomic E-state index is -0.307. The van der Waals surface area contributed by atoms with Crippen LogP contribution in [0.2, 0.25) is 0 Å². The Balaban J connectivity index is 2.38. The van der Waals surface area contributed by atoms with Crippen LogP contribution in [0.1, 0.15) is 24.0 Å². The van der Waals surface area contributed by atoms with Crippen LogP contribution in [-0.2, 0) is 4.79 Å². The van der Waals surface area contributed by atoms with Gasteiger partial charge in [0, 0.05) is 6.08 Å². The van der Waals surface area contributed by atoms with Crippen molar-refractivity contribution in [2.75, 3.05) is 0 Å². The second-order valence-corrected chi connectivity index (χ2v) is 4.78. The molecule has 2 aromatic rings. The maximum atomic E-state index is 12.6. The van der Waals surface area contributed by atoms with Gasteiger partial charge in [-0.05, 0) is 24.1 Å². The SMILES string of the molecule is CC=CC=C=C=CC(=O)C(c1ccccc1)c1ccccc1. The average molecular weight is 286 g/mol. The molecule has 0 aliphatic rings. The van der Waals surface area contributed by atoms with Crippen LogP contribution < -0.4 is 0 Å². The van der Waals surface area contributed by atoms with Crippen LogP contribution in [0.5, 0.6) is 0 Å². The molecule has 0 atom stereocenters. The highest BCUT2D eigenvalue weighted by molar-refractivity contribution is 5.97. The summed E-state index contributed by atoms with van der Waals surface area (Å²) in [6, 6.07) is 19.6. The molecule has 0 spiro atoms. The molecule has 0 amide bonds. The van der Waals surface area contributed by atoms with E-state index in [1.54, 1.807) is 6.08 Å². The molecule has 0 aliphatic carbocycles. The Morgan fingerprint density at radius 3 is 1.95 bits per heavy atom. The van der Waals surface area contributed by atoms with Crippen LogP contribution in [0.15, 0.2) is 96.4 Å². The summed E-state index contributed by atoms with van der Waals surface area (Å²) in [6.45, 7) is 1.92. The number of ketones is 1. The van der Waals surface area contributed by atoms with Crippen molar-refractivity contribution in [2.24, 2.45) is 0 Å². The van der Waals surface area contributed by atoms with Crippen LogP contribution in [0.3, 0.4) is 0 Å². The highest BCUT2D eigenvalue weighted by Crippen LogP contribution is 2.25. The zero-order chi connectivity index (χ0) is 15.6. The first kappa shape index (κ1) is 15.5. The summed E-state index contributed by atoms with van der Waals surface area (Å²) in [6.07, 6.45) is 6.93. The normalized spacial score (nSPS) is 10.1. The van der Waals surface area contributed by atoms with Gasteiger partial charge in [-0.1, -0.05) is 84.3 Å². The first-order chi connectivity index (χ1) is 10.8. The summed E-state index contributed by atoms with van der Waals surface area (Å²) in [5.74, 6) is -0.308. The van der Waals surface area contributed by atoms with Crippen molar-refractivity contribution < 1.29 is 4.79 Å². The van der Waals surface area contributed by atoms with E-state index >= 15 is 0 Å². The summed E-state index contributed by atoms with van der Waals surface area (Å²) in [5.41, 5.74) is 7.61. The largest absolute Gasteiger partial charge is 0.293 e. The molecule has 1 heteroatoms. The third-order valence-corrected chi connectivity index (χ3v) is 3.22. The van der Waals surface area contributed by atoms with Crippen molar-refractivity contribution in [3.05, 3.63) is 108 Å². The smallest absolute Gasteiger partial charge is 0.175 e. The number of allylic oxidation sites excluding steroid dienone is 4. The van der Waals surface area contributed by atoms with E-state index in [-0.39, 0.29) is 11.7 Å². The Morgan fingerprint density at radius 2 is 1.45 bits per heavy atom.